The van der Waals surface area contributed by atoms with Crippen LogP contribution in [0.15, 0.2) is 30.3 Å². The van der Waals surface area contributed by atoms with Gasteiger partial charge in [0.1, 0.15) is 0 Å². The van der Waals surface area contributed by atoms with E-state index < -0.39 is 0 Å². The molecule has 1 aliphatic rings. The normalized spacial score (nSPS) is 25.2. The Morgan fingerprint density at radius 3 is 2.72 bits per heavy atom. The van der Waals surface area contributed by atoms with Crippen LogP contribution >= 0.6 is 0 Å². The van der Waals surface area contributed by atoms with Crippen molar-refractivity contribution in [3.63, 3.8) is 0 Å². The van der Waals surface area contributed by atoms with Gasteiger partial charge in [0.15, 0.2) is 0 Å². The molecule has 1 aromatic carbocycles. The maximum atomic E-state index is 9.64. The van der Waals surface area contributed by atoms with E-state index in [0.29, 0.717) is 18.4 Å². The number of hydrogen-bond donors (Lipinski definition) is 1. The fraction of sp³-hybridized carbons (Fsp3) is 0.625. The number of aliphatic hydroxyl groups is 1. The number of rotatable bonds is 5. The summed E-state index contributed by atoms with van der Waals surface area (Å²) in [6.45, 7) is 5.96. The van der Waals surface area contributed by atoms with Gasteiger partial charge in [0.25, 0.3) is 0 Å². The lowest BCUT2D eigenvalue weighted by Crippen LogP contribution is -2.41. The maximum absolute atomic E-state index is 9.64. The average molecular weight is 247 g/mol. The molecule has 1 aromatic rings. The second-order valence-electron chi connectivity index (χ2n) is 5.40. The first-order valence-corrected chi connectivity index (χ1v) is 7.23. The van der Waals surface area contributed by atoms with Gasteiger partial charge in [-0.1, -0.05) is 43.7 Å². The molecule has 0 aliphatic carbocycles. The smallest absolute Gasteiger partial charge is 0.0477 e. The molecule has 2 rings (SSSR count). The van der Waals surface area contributed by atoms with Gasteiger partial charge in [-0.25, -0.2) is 0 Å². The number of nitrogens with zero attached hydrogens (tertiary/aromatic N) is 1. The molecule has 1 saturated heterocycles. The van der Waals surface area contributed by atoms with Crippen LogP contribution in [0.2, 0.25) is 0 Å². The molecular formula is C16H25NO. The van der Waals surface area contributed by atoms with Crippen LogP contribution in [0.3, 0.4) is 0 Å². The van der Waals surface area contributed by atoms with Crippen molar-refractivity contribution in [3.05, 3.63) is 35.9 Å². The summed E-state index contributed by atoms with van der Waals surface area (Å²) < 4.78 is 0. The van der Waals surface area contributed by atoms with Crippen LogP contribution in [0.1, 0.15) is 37.7 Å². The van der Waals surface area contributed by atoms with E-state index in [1.54, 1.807) is 0 Å². The number of piperidine rings is 1. The van der Waals surface area contributed by atoms with Gasteiger partial charge in [-0.3, -0.25) is 0 Å². The van der Waals surface area contributed by atoms with Gasteiger partial charge >= 0.3 is 0 Å². The number of hydrogen-bond acceptors (Lipinski definition) is 2. The van der Waals surface area contributed by atoms with Crippen molar-refractivity contribution in [2.75, 3.05) is 26.2 Å². The molecule has 1 aliphatic heterocycles. The second-order valence-corrected chi connectivity index (χ2v) is 5.40. The van der Waals surface area contributed by atoms with Gasteiger partial charge in [0, 0.05) is 19.1 Å². The fourth-order valence-electron chi connectivity index (χ4n) is 3.02. The Labute approximate surface area is 111 Å². The Balaban J connectivity index is 1.98. The Morgan fingerprint density at radius 1 is 1.28 bits per heavy atom. The third-order valence-electron chi connectivity index (χ3n) is 4.11. The lowest BCUT2D eigenvalue weighted by Gasteiger charge is -2.38. The molecule has 100 valence electrons. The van der Waals surface area contributed by atoms with Crippen LogP contribution in [0.5, 0.6) is 0 Å². The van der Waals surface area contributed by atoms with E-state index in [0.717, 1.165) is 6.54 Å². The van der Waals surface area contributed by atoms with Gasteiger partial charge < -0.3 is 10.0 Å². The van der Waals surface area contributed by atoms with Crippen molar-refractivity contribution in [1.29, 1.82) is 0 Å². The first-order chi connectivity index (χ1) is 8.85. The van der Waals surface area contributed by atoms with Gasteiger partial charge in [0.2, 0.25) is 0 Å². The predicted octanol–water partition coefficient (Wildman–Crippen LogP) is 2.88. The van der Waals surface area contributed by atoms with Gasteiger partial charge in [-0.2, -0.15) is 0 Å². The fourth-order valence-corrected chi connectivity index (χ4v) is 3.02. The SMILES string of the molecule is CCCCN1CC[C@@H](c2ccccc2)[C@H](CO)C1. The predicted molar refractivity (Wildman–Crippen MR) is 75.7 cm³/mol. The van der Waals surface area contributed by atoms with Crippen LogP contribution in [0, 0.1) is 5.92 Å². The van der Waals surface area contributed by atoms with Crippen molar-refractivity contribution in [2.24, 2.45) is 5.92 Å². The summed E-state index contributed by atoms with van der Waals surface area (Å²) in [5.41, 5.74) is 1.40. The van der Waals surface area contributed by atoms with Crippen LogP contribution in [-0.2, 0) is 0 Å². The Hall–Kier alpha value is -0.860. The average Bonchev–Trinajstić information content (AvgIpc) is 2.45. The maximum Gasteiger partial charge on any atom is 0.0477 e. The zero-order valence-corrected chi connectivity index (χ0v) is 11.4. The molecule has 0 amide bonds. The number of likely N-dealkylation sites (tertiary alicyclic amines) is 1. The van der Waals surface area contributed by atoms with E-state index in [-0.39, 0.29) is 0 Å². The van der Waals surface area contributed by atoms with Crippen molar-refractivity contribution < 1.29 is 5.11 Å². The molecule has 18 heavy (non-hydrogen) atoms. The minimum Gasteiger partial charge on any atom is -0.396 e. The summed E-state index contributed by atoms with van der Waals surface area (Å²) >= 11 is 0. The van der Waals surface area contributed by atoms with Gasteiger partial charge in [-0.05, 0) is 37.4 Å². The minimum atomic E-state index is 0.308. The van der Waals surface area contributed by atoms with Crippen molar-refractivity contribution >= 4 is 0 Å². The monoisotopic (exact) mass is 247 g/mol. The first kappa shape index (κ1) is 13.6. The standard InChI is InChI=1S/C16H25NO/c1-2-3-10-17-11-9-16(15(12-17)13-18)14-7-5-4-6-8-14/h4-8,15-16,18H,2-3,9-13H2,1H3/t15-,16-/m0/s1. The summed E-state index contributed by atoms with van der Waals surface area (Å²) in [4.78, 5) is 2.52. The van der Waals surface area contributed by atoms with Crippen LogP contribution < -0.4 is 0 Å². The Morgan fingerprint density at radius 2 is 2.06 bits per heavy atom. The molecule has 1 fully saturated rings. The largest absolute Gasteiger partial charge is 0.396 e. The second kappa shape index (κ2) is 6.91. The quantitative estimate of drug-likeness (QED) is 0.865. The van der Waals surface area contributed by atoms with Crippen molar-refractivity contribution in [2.45, 2.75) is 32.1 Å². The molecule has 0 aromatic heterocycles. The number of benzene rings is 1. The summed E-state index contributed by atoms with van der Waals surface area (Å²) in [5.74, 6) is 0.937. The van der Waals surface area contributed by atoms with E-state index in [1.807, 2.05) is 0 Å². The van der Waals surface area contributed by atoms with Crippen molar-refractivity contribution in [1.82, 2.24) is 4.90 Å². The van der Waals surface area contributed by atoms with E-state index >= 15 is 0 Å². The molecule has 1 N–H and O–H groups in total. The highest BCUT2D eigenvalue weighted by Crippen LogP contribution is 2.32. The molecule has 2 heteroatoms. The Bertz CT molecular complexity index is 338. The minimum absolute atomic E-state index is 0.308. The summed E-state index contributed by atoms with van der Waals surface area (Å²) in [5, 5.41) is 9.64. The lowest BCUT2D eigenvalue weighted by atomic mass is 9.81. The third kappa shape index (κ3) is 3.33. The van der Waals surface area contributed by atoms with Crippen molar-refractivity contribution in [3.8, 4) is 0 Å². The molecule has 2 atom stereocenters. The van der Waals surface area contributed by atoms with E-state index in [2.05, 4.69) is 42.2 Å². The highest BCUT2D eigenvalue weighted by Gasteiger charge is 2.29. The molecule has 2 nitrogen and oxygen atoms in total. The molecule has 0 bridgehead atoms. The zero-order chi connectivity index (χ0) is 12.8. The summed E-state index contributed by atoms with van der Waals surface area (Å²) in [6, 6.07) is 10.7. The molecular weight excluding hydrogens is 222 g/mol. The topological polar surface area (TPSA) is 23.5 Å². The summed E-state index contributed by atoms with van der Waals surface area (Å²) in [7, 11) is 0. The lowest BCUT2D eigenvalue weighted by molar-refractivity contribution is 0.101. The summed E-state index contributed by atoms with van der Waals surface area (Å²) in [6.07, 6.45) is 3.70. The number of aliphatic hydroxyl groups excluding tert-OH is 1. The highest BCUT2D eigenvalue weighted by atomic mass is 16.3. The van der Waals surface area contributed by atoms with Crippen LogP contribution in [-0.4, -0.2) is 36.2 Å². The zero-order valence-electron chi connectivity index (χ0n) is 11.4. The van der Waals surface area contributed by atoms with E-state index in [1.165, 1.54) is 37.9 Å². The van der Waals surface area contributed by atoms with E-state index in [4.69, 9.17) is 0 Å². The molecule has 1 heterocycles. The van der Waals surface area contributed by atoms with Gasteiger partial charge in [0.05, 0.1) is 0 Å². The van der Waals surface area contributed by atoms with Crippen LogP contribution in [0.4, 0.5) is 0 Å². The molecule has 0 radical (unpaired) electrons. The third-order valence-corrected chi connectivity index (χ3v) is 4.11. The van der Waals surface area contributed by atoms with Gasteiger partial charge in [-0.15, -0.1) is 0 Å². The number of unbranched alkanes of at least 4 members (excludes halogenated alkanes) is 1. The highest BCUT2D eigenvalue weighted by molar-refractivity contribution is 5.21. The van der Waals surface area contributed by atoms with Crippen LogP contribution in [0.25, 0.3) is 0 Å². The first-order valence-electron chi connectivity index (χ1n) is 7.23. The molecule has 0 spiro atoms. The van der Waals surface area contributed by atoms with E-state index in [9.17, 15) is 5.11 Å². The molecule has 0 saturated carbocycles. The Kier molecular flexibility index (Phi) is 5.21. The molecule has 0 unspecified atom stereocenters.